The summed E-state index contributed by atoms with van der Waals surface area (Å²) in [7, 11) is 2.09. The van der Waals surface area contributed by atoms with Crippen molar-refractivity contribution in [1.29, 1.82) is 0 Å². The Hall–Kier alpha value is -2.09. The highest BCUT2D eigenvalue weighted by Gasteiger charge is 2.37. The quantitative estimate of drug-likeness (QED) is 0.750. The van der Waals surface area contributed by atoms with Crippen LogP contribution in [0.2, 0.25) is 0 Å². The largest absolute Gasteiger partial charge is 0.352 e. The normalized spacial score (nSPS) is 21.3. The topological polar surface area (TPSA) is 15.6 Å². The Morgan fingerprint density at radius 1 is 0.947 bits per heavy atom. The fourth-order valence-corrected chi connectivity index (χ4v) is 2.91. The molecule has 0 spiro atoms. The van der Waals surface area contributed by atoms with E-state index in [2.05, 4.69) is 73.3 Å². The molecule has 0 aromatic heterocycles. The number of hydrogen-bond donors (Lipinski definition) is 0. The van der Waals surface area contributed by atoms with Crippen LogP contribution in [0, 0.1) is 6.92 Å². The molecule has 19 heavy (non-hydrogen) atoms. The van der Waals surface area contributed by atoms with Crippen molar-refractivity contribution >= 4 is 12.0 Å². The van der Waals surface area contributed by atoms with Crippen molar-refractivity contribution < 1.29 is 0 Å². The molecule has 0 radical (unpaired) electrons. The molecule has 0 aliphatic carbocycles. The Labute approximate surface area is 114 Å². The van der Waals surface area contributed by atoms with Gasteiger partial charge in [-0.2, -0.15) is 0 Å². The van der Waals surface area contributed by atoms with Crippen LogP contribution in [-0.4, -0.2) is 18.3 Å². The van der Waals surface area contributed by atoms with Gasteiger partial charge in [0.15, 0.2) is 0 Å². The van der Waals surface area contributed by atoms with Crippen LogP contribution in [0.15, 0.2) is 53.5 Å². The van der Waals surface area contributed by atoms with Crippen molar-refractivity contribution in [2.45, 2.75) is 19.4 Å². The van der Waals surface area contributed by atoms with E-state index in [1.165, 1.54) is 16.7 Å². The second kappa shape index (κ2) is 4.23. The molecule has 1 aliphatic heterocycles. The number of fused-ring (bicyclic) bond motifs is 1. The van der Waals surface area contributed by atoms with E-state index in [1.54, 1.807) is 0 Å². The molecular weight excluding hydrogens is 232 g/mol. The van der Waals surface area contributed by atoms with Gasteiger partial charge in [0, 0.05) is 12.6 Å². The Balaban J connectivity index is 2.28. The Morgan fingerprint density at radius 3 is 2.32 bits per heavy atom. The van der Waals surface area contributed by atoms with Gasteiger partial charge < -0.3 is 4.90 Å². The monoisotopic (exact) mass is 250 g/mol. The maximum atomic E-state index is 4.53. The van der Waals surface area contributed by atoms with E-state index in [0.29, 0.717) is 0 Å². The first-order valence-corrected chi connectivity index (χ1v) is 6.57. The molecule has 2 heteroatoms. The number of nitrogens with zero attached hydrogens (tertiary/aromatic N) is 2. The SMILES string of the molecule is Cc1ccccc1C1(C)c2ccccc2N=CN1C. The predicted octanol–water partition coefficient (Wildman–Crippen LogP) is 3.86. The smallest absolute Gasteiger partial charge is 0.0919 e. The van der Waals surface area contributed by atoms with E-state index in [1.807, 2.05) is 12.4 Å². The summed E-state index contributed by atoms with van der Waals surface area (Å²) in [4.78, 5) is 6.72. The van der Waals surface area contributed by atoms with Crippen molar-refractivity contribution in [3.63, 3.8) is 0 Å². The fraction of sp³-hybridized carbons (Fsp3) is 0.235. The molecule has 0 fully saturated rings. The van der Waals surface area contributed by atoms with E-state index in [9.17, 15) is 0 Å². The number of para-hydroxylation sites is 1. The molecule has 2 aromatic rings. The summed E-state index contributed by atoms with van der Waals surface area (Å²) in [5.41, 5.74) is 4.79. The minimum absolute atomic E-state index is 0.163. The van der Waals surface area contributed by atoms with Gasteiger partial charge in [0.05, 0.1) is 17.6 Å². The van der Waals surface area contributed by atoms with Gasteiger partial charge in [-0.3, -0.25) is 0 Å². The van der Waals surface area contributed by atoms with Gasteiger partial charge in [0.25, 0.3) is 0 Å². The minimum atomic E-state index is -0.163. The van der Waals surface area contributed by atoms with Gasteiger partial charge in [0.1, 0.15) is 0 Å². The summed E-state index contributed by atoms with van der Waals surface area (Å²) in [5, 5.41) is 0. The molecule has 0 bridgehead atoms. The predicted molar refractivity (Wildman–Crippen MR) is 80.0 cm³/mol. The zero-order chi connectivity index (χ0) is 13.5. The van der Waals surface area contributed by atoms with E-state index in [-0.39, 0.29) is 5.54 Å². The molecule has 1 atom stereocenters. The van der Waals surface area contributed by atoms with E-state index in [0.717, 1.165) is 5.69 Å². The molecule has 0 N–H and O–H groups in total. The molecule has 1 aliphatic rings. The lowest BCUT2D eigenvalue weighted by Gasteiger charge is -2.42. The lowest BCUT2D eigenvalue weighted by molar-refractivity contribution is 0.291. The lowest BCUT2D eigenvalue weighted by Crippen LogP contribution is -2.43. The van der Waals surface area contributed by atoms with E-state index >= 15 is 0 Å². The second-order valence-corrected chi connectivity index (χ2v) is 5.26. The summed E-state index contributed by atoms with van der Waals surface area (Å²) in [6.07, 6.45) is 1.93. The molecule has 3 rings (SSSR count). The average molecular weight is 250 g/mol. The zero-order valence-corrected chi connectivity index (χ0v) is 11.6. The number of hydrogen-bond acceptors (Lipinski definition) is 2. The van der Waals surface area contributed by atoms with E-state index in [4.69, 9.17) is 0 Å². The van der Waals surface area contributed by atoms with E-state index < -0.39 is 0 Å². The number of aryl methyl sites for hydroxylation is 1. The molecule has 2 aromatic carbocycles. The standard InChI is InChI=1S/C17H18N2/c1-13-8-4-5-9-14(13)17(2)15-10-6-7-11-16(15)18-12-19(17)3/h4-12H,1-3H3. The summed E-state index contributed by atoms with van der Waals surface area (Å²) in [6.45, 7) is 4.43. The molecule has 2 nitrogen and oxygen atoms in total. The van der Waals surface area contributed by atoms with Gasteiger partial charge in [-0.1, -0.05) is 42.5 Å². The average Bonchev–Trinajstić information content (AvgIpc) is 2.44. The second-order valence-electron chi connectivity index (χ2n) is 5.26. The van der Waals surface area contributed by atoms with Crippen LogP contribution in [0.3, 0.4) is 0 Å². The van der Waals surface area contributed by atoms with Crippen molar-refractivity contribution in [3.8, 4) is 0 Å². The maximum Gasteiger partial charge on any atom is 0.0919 e. The van der Waals surface area contributed by atoms with Gasteiger partial charge >= 0.3 is 0 Å². The van der Waals surface area contributed by atoms with Crippen LogP contribution in [0.25, 0.3) is 0 Å². The fourth-order valence-electron chi connectivity index (χ4n) is 2.91. The minimum Gasteiger partial charge on any atom is -0.352 e. The molecular formula is C17H18N2. The third kappa shape index (κ3) is 1.67. The van der Waals surface area contributed by atoms with Crippen LogP contribution in [-0.2, 0) is 5.54 Å². The Morgan fingerprint density at radius 2 is 1.58 bits per heavy atom. The first kappa shape index (κ1) is 12.0. The van der Waals surface area contributed by atoms with Crippen molar-refractivity contribution in [1.82, 2.24) is 4.90 Å². The van der Waals surface area contributed by atoms with Gasteiger partial charge in [-0.25, -0.2) is 4.99 Å². The van der Waals surface area contributed by atoms with Crippen LogP contribution < -0.4 is 0 Å². The number of rotatable bonds is 1. The molecule has 1 unspecified atom stereocenters. The first-order chi connectivity index (χ1) is 9.14. The van der Waals surface area contributed by atoms with Crippen LogP contribution >= 0.6 is 0 Å². The third-order valence-corrected chi connectivity index (χ3v) is 4.17. The summed E-state index contributed by atoms with van der Waals surface area (Å²) < 4.78 is 0. The first-order valence-electron chi connectivity index (χ1n) is 6.57. The maximum absolute atomic E-state index is 4.53. The number of aliphatic imine (C=N–C) groups is 1. The van der Waals surface area contributed by atoms with Crippen LogP contribution in [0.1, 0.15) is 23.6 Å². The van der Waals surface area contributed by atoms with Crippen LogP contribution in [0.5, 0.6) is 0 Å². The highest BCUT2D eigenvalue weighted by Crippen LogP contribution is 2.42. The lowest BCUT2D eigenvalue weighted by atomic mass is 9.80. The summed E-state index contributed by atoms with van der Waals surface area (Å²) >= 11 is 0. The summed E-state index contributed by atoms with van der Waals surface area (Å²) in [5.74, 6) is 0. The highest BCUT2D eigenvalue weighted by atomic mass is 15.2. The van der Waals surface area contributed by atoms with Gasteiger partial charge in [-0.05, 0) is 31.0 Å². The van der Waals surface area contributed by atoms with Crippen molar-refractivity contribution in [2.24, 2.45) is 4.99 Å². The van der Waals surface area contributed by atoms with Crippen molar-refractivity contribution in [2.75, 3.05) is 7.05 Å². The number of benzene rings is 2. The highest BCUT2D eigenvalue weighted by molar-refractivity contribution is 5.72. The zero-order valence-electron chi connectivity index (χ0n) is 11.6. The third-order valence-electron chi connectivity index (χ3n) is 4.17. The van der Waals surface area contributed by atoms with Gasteiger partial charge in [-0.15, -0.1) is 0 Å². The Bertz CT molecular complexity index is 645. The summed E-state index contributed by atoms with van der Waals surface area (Å²) in [6, 6.07) is 17.0. The molecule has 0 saturated heterocycles. The molecule has 96 valence electrons. The van der Waals surface area contributed by atoms with Crippen LogP contribution in [0.4, 0.5) is 5.69 Å². The molecule has 0 amide bonds. The van der Waals surface area contributed by atoms with Gasteiger partial charge in [0.2, 0.25) is 0 Å². The van der Waals surface area contributed by atoms with Crippen molar-refractivity contribution in [3.05, 3.63) is 65.2 Å². The molecule has 1 heterocycles. The Kier molecular flexibility index (Phi) is 2.67. The molecule has 0 saturated carbocycles.